The number of ether oxygens (including phenoxy) is 1. The van der Waals surface area contributed by atoms with Crippen LogP contribution in [0.15, 0.2) is 35.7 Å². The van der Waals surface area contributed by atoms with Gasteiger partial charge in [0.25, 0.3) is 0 Å². The Hall–Kier alpha value is -1.85. The summed E-state index contributed by atoms with van der Waals surface area (Å²) in [6.07, 6.45) is 0. The van der Waals surface area contributed by atoms with E-state index >= 15 is 0 Å². The minimum atomic E-state index is -0.878. The first-order chi connectivity index (χ1) is 9.69. The standard InChI is InChI=1S/C15H17NO3S/c1-2-19-13-5-3-4-11(6-13)8-16-9-14-7-12(10-20-14)15(17)18/h3-7,10,16H,2,8-9H2,1H3,(H,17,18). The normalized spacial score (nSPS) is 10.4. The van der Waals surface area contributed by atoms with Crippen molar-refractivity contribution in [2.45, 2.75) is 20.0 Å². The molecular weight excluding hydrogens is 274 g/mol. The van der Waals surface area contributed by atoms with Gasteiger partial charge in [0.15, 0.2) is 0 Å². The second kappa shape index (κ2) is 7.07. The van der Waals surface area contributed by atoms with Gasteiger partial charge in [0.1, 0.15) is 5.75 Å². The molecule has 0 unspecified atom stereocenters. The molecule has 1 heterocycles. The highest BCUT2D eigenvalue weighted by atomic mass is 32.1. The smallest absolute Gasteiger partial charge is 0.336 e. The van der Waals surface area contributed by atoms with E-state index < -0.39 is 5.97 Å². The zero-order chi connectivity index (χ0) is 14.4. The molecule has 20 heavy (non-hydrogen) atoms. The van der Waals surface area contributed by atoms with Crippen molar-refractivity contribution in [1.29, 1.82) is 0 Å². The van der Waals surface area contributed by atoms with Crippen LogP contribution >= 0.6 is 11.3 Å². The number of aromatic carboxylic acids is 1. The molecule has 0 atom stereocenters. The van der Waals surface area contributed by atoms with Crippen molar-refractivity contribution in [3.8, 4) is 5.75 Å². The van der Waals surface area contributed by atoms with Gasteiger partial charge in [-0.1, -0.05) is 12.1 Å². The summed E-state index contributed by atoms with van der Waals surface area (Å²) in [5, 5.41) is 13.8. The average molecular weight is 291 g/mol. The Morgan fingerprint density at radius 2 is 2.20 bits per heavy atom. The molecule has 0 bridgehead atoms. The molecule has 2 N–H and O–H groups in total. The lowest BCUT2D eigenvalue weighted by Gasteiger charge is -2.07. The van der Waals surface area contributed by atoms with Crippen LogP contribution in [0.25, 0.3) is 0 Å². The van der Waals surface area contributed by atoms with E-state index in [1.807, 2.05) is 31.2 Å². The molecule has 106 valence electrons. The average Bonchev–Trinajstić information content (AvgIpc) is 2.89. The van der Waals surface area contributed by atoms with Crippen LogP contribution < -0.4 is 10.1 Å². The predicted molar refractivity (Wildman–Crippen MR) is 79.4 cm³/mol. The number of hydrogen-bond donors (Lipinski definition) is 2. The fraction of sp³-hybridized carbons (Fsp3) is 0.267. The molecule has 2 rings (SSSR count). The highest BCUT2D eigenvalue weighted by Crippen LogP contribution is 2.16. The van der Waals surface area contributed by atoms with Gasteiger partial charge >= 0.3 is 5.97 Å². The summed E-state index contributed by atoms with van der Waals surface area (Å²) in [6.45, 7) is 4.00. The molecule has 0 aliphatic carbocycles. The lowest BCUT2D eigenvalue weighted by molar-refractivity contribution is 0.0697. The van der Waals surface area contributed by atoms with Gasteiger partial charge in [0.2, 0.25) is 0 Å². The third kappa shape index (κ3) is 4.08. The Bertz CT molecular complexity index is 580. The zero-order valence-corrected chi connectivity index (χ0v) is 12.1. The van der Waals surface area contributed by atoms with E-state index in [2.05, 4.69) is 5.32 Å². The number of carboxylic acid groups (broad SMARTS) is 1. The number of hydrogen-bond acceptors (Lipinski definition) is 4. The van der Waals surface area contributed by atoms with Crippen LogP contribution in [-0.4, -0.2) is 17.7 Å². The first kappa shape index (κ1) is 14.6. The lowest BCUT2D eigenvalue weighted by Crippen LogP contribution is -2.11. The van der Waals surface area contributed by atoms with E-state index in [4.69, 9.17) is 9.84 Å². The first-order valence-corrected chi connectivity index (χ1v) is 7.30. The van der Waals surface area contributed by atoms with E-state index in [1.165, 1.54) is 11.3 Å². The highest BCUT2D eigenvalue weighted by Gasteiger charge is 2.06. The number of rotatable bonds is 7. The Kier molecular flexibility index (Phi) is 5.15. The van der Waals surface area contributed by atoms with E-state index in [1.54, 1.807) is 11.4 Å². The maximum absolute atomic E-state index is 10.8. The molecule has 0 amide bonds. The molecule has 0 spiro atoms. The summed E-state index contributed by atoms with van der Waals surface area (Å²) in [4.78, 5) is 11.8. The molecule has 0 fully saturated rings. The van der Waals surface area contributed by atoms with E-state index in [0.29, 0.717) is 18.7 Å². The summed E-state index contributed by atoms with van der Waals surface area (Å²) >= 11 is 1.46. The van der Waals surface area contributed by atoms with Crippen molar-refractivity contribution in [2.24, 2.45) is 0 Å². The monoisotopic (exact) mass is 291 g/mol. The van der Waals surface area contributed by atoms with Gasteiger partial charge in [-0.2, -0.15) is 0 Å². The van der Waals surface area contributed by atoms with E-state index in [-0.39, 0.29) is 0 Å². The van der Waals surface area contributed by atoms with Crippen LogP contribution in [0.4, 0.5) is 0 Å². The lowest BCUT2D eigenvalue weighted by atomic mass is 10.2. The number of benzene rings is 1. The molecule has 0 aliphatic heterocycles. The summed E-state index contributed by atoms with van der Waals surface area (Å²) in [5.74, 6) is -0.00648. The fourth-order valence-electron chi connectivity index (χ4n) is 1.83. The number of thiophene rings is 1. The number of nitrogens with one attached hydrogen (secondary N) is 1. The van der Waals surface area contributed by atoms with Crippen molar-refractivity contribution in [3.05, 3.63) is 51.7 Å². The molecule has 1 aromatic carbocycles. The maximum Gasteiger partial charge on any atom is 0.336 e. The van der Waals surface area contributed by atoms with Crippen LogP contribution in [0.2, 0.25) is 0 Å². The molecule has 4 nitrogen and oxygen atoms in total. The molecule has 0 aliphatic rings. The Balaban J connectivity index is 1.85. The molecule has 0 saturated heterocycles. The van der Waals surface area contributed by atoms with Gasteiger partial charge < -0.3 is 15.2 Å². The van der Waals surface area contributed by atoms with Crippen LogP contribution in [-0.2, 0) is 13.1 Å². The Labute approximate surface area is 122 Å². The van der Waals surface area contributed by atoms with Gasteiger partial charge in [0, 0.05) is 23.3 Å². The maximum atomic E-state index is 10.8. The van der Waals surface area contributed by atoms with Crippen LogP contribution in [0, 0.1) is 0 Å². The van der Waals surface area contributed by atoms with Crippen LogP contribution in [0.1, 0.15) is 27.7 Å². The van der Waals surface area contributed by atoms with Crippen molar-refractivity contribution < 1.29 is 14.6 Å². The molecule has 0 radical (unpaired) electrons. The minimum Gasteiger partial charge on any atom is -0.494 e. The number of carbonyl (C=O) groups is 1. The number of carboxylic acids is 1. The van der Waals surface area contributed by atoms with Crippen molar-refractivity contribution in [3.63, 3.8) is 0 Å². The molecule has 5 heteroatoms. The minimum absolute atomic E-state index is 0.352. The van der Waals surface area contributed by atoms with Gasteiger partial charge in [0.05, 0.1) is 12.2 Å². The van der Waals surface area contributed by atoms with E-state index in [0.717, 1.165) is 22.7 Å². The first-order valence-electron chi connectivity index (χ1n) is 6.42. The van der Waals surface area contributed by atoms with Crippen molar-refractivity contribution in [1.82, 2.24) is 5.32 Å². The van der Waals surface area contributed by atoms with Gasteiger partial charge in [-0.3, -0.25) is 0 Å². The van der Waals surface area contributed by atoms with Crippen LogP contribution in [0.5, 0.6) is 5.75 Å². The topological polar surface area (TPSA) is 58.6 Å². The largest absolute Gasteiger partial charge is 0.494 e. The second-order valence-electron chi connectivity index (χ2n) is 4.29. The SMILES string of the molecule is CCOc1cccc(CNCc2cc(C(=O)O)cs2)c1. The Morgan fingerprint density at radius 3 is 2.90 bits per heavy atom. The molecule has 0 saturated carbocycles. The predicted octanol–water partition coefficient (Wildman–Crippen LogP) is 3.13. The molecule has 1 aromatic heterocycles. The zero-order valence-electron chi connectivity index (χ0n) is 11.3. The van der Waals surface area contributed by atoms with Gasteiger partial charge in [-0.25, -0.2) is 4.79 Å². The summed E-state index contributed by atoms with van der Waals surface area (Å²) in [7, 11) is 0. The quantitative estimate of drug-likeness (QED) is 0.823. The Morgan fingerprint density at radius 1 is 1.35 bits per heavy atom. The van der Waals surface area contributed by atoms with Gasteiger partial charge in [-0.05, 0) is 30.7 Å². The van der Waals surface area contributed by atoms with Crippen molar-refractivity contribution >= 4 is 17.3 Å². The van der Waals surface area contributed by atoms with Gasteiger partial charge in [-0.15, -0.1) is 11.3 Å². The third-order valence-corrected chi connectivity index (χ3v) is 3.68. The molecular formula is C15H17NO3S. The molecule has 2 aromatic rings. The van der Waals surface area contributed by atoms with E-state index in [9.17, 15) is 4.79 Å². The summed E-state index contributed by atoms with van der Waals surface area (Å²) in [6, 6.07) is 9.65. The highest BCUT2D eigenvalue weighted by molar-refractivity contribution is 7.10. The van der Waals surface area contributed by atoms with Crippen molar-refractivity contribution in [2.75, 3.05) is 6.61 Å². The second-order valence-corrected chi connectivity index (χ2v) is 5.29. The summed E-state index contributed by atoms with van der Waals surface area (Å²) in [5.41, 5.74) is 1.50. The van der Waals surface area contributed by atoms with Crippen LogP contribution in [0.3, 0.4) is 0 Å². The third-order valence-electron chi connectivity index (χ3n) is 2.74. The fourth-order valence-corrected chi connectivity index (χ4v) is 2.66. The summed E-state index contributed by atoms with van der Waals surface area (Å²) < 4.78 is 5.45.